The minimum atomic E-state index is -4.35. The van der Waals surface area contributed by atoms with E-state index in [9.17, 15) is 13.2 Å². The molecule has 0 N–H and O–H groups in total. The normalized spacial score (nSPS) is 10.7. The fourth-order valence-electron chi connectivity index (χ4n) is 0.691. The van der Waals surface area contributed by atoms with Gasteiger partial charge in [0.05, 0.1) is 10.6 Å². The summed E-state index contributed by atoms with van der Waals surface area (Å²) in [7, 11) is 0. The van der Waals surface area contributed by atoms with Crippen LogP contribution >= 0.6 is 11.6 Å². The van der Waals surface area contributed by atoms with Gasteiger partial charge in [-0.15, -0.1) is 0 Å². The summed E-state index contributed by atoms with van der Waals surface area (Å²) in [4.78, 5) is 0. The second kappa shape index (κ2) is 4.24. The van der Waals surface area contributed by atoms with Crippen molar-refractivity contribution in [2.75, 3.05) is 0 Å². The van der Waals surface area contributed by atoms with Gasteiger partial charge in [-0.2, -0.15) is 13.2 Å². The molecule has 5 heteroatoms. The van der Waals surface area contributed by atoms with Gasteiger partial charge in [0.2, 0.25) is 0 Å². The molecule has 1 rings (SSSR count). The van der Waals surface area contributed by atoms with Gasteiger partial charge in [0.1, 0.15) is 0 Å². The van der Waals surface area contributed by atoms with Crippen LogP contribution in [-0.4, -0.2) is 0 Å². The molecule has 0 heterocycles. The summed E-state index contributed by atoms with van der Waals surface area (Å²) in [6.07, 6.45) is -4.35. The van der Waals surface area contributed by atoms with E-state index in [1.807, 2.05) is 0 Å². The van der Waals surface area contributed by atoms with Gasteiger partial charge >= 0.3 is 6.18 Å². The zero-order valence-electron chi connectivity index (χ0n) is 6.03. The fraction of sp³-hybridized carbons (Fsp3) is 0.143. The first-order chi connectivity index (χ1) is 5.02. The van der Waals surface area contributed by atoms with E-state index < -0.39 is 11.7 Å². The molecule has 0 aliphatic rings. The first-order valence-electron chi connectivity index (χ1n) is 2.83. The first-order valence-corrected chi connectivity index (χ1v) is 3.21. The van der Waals surface area contributed by atoms with Crippen LogP contribution in [0.5, 0.6) is 0 Å². The standard InChI is InChI=1S/C7H4ClF3.Zn/c8-6-4-2-1-3-5(6)7(9,10)11;/h1-4H;. The number of alkyl halides is 3. The molecule has 1 aromatic carbocycles. The summed E-state index contributed by atoms with van der Waals surface area (Å²) >= 11 is 5.29. The average Bonchev–Trinajstić information content (AvgIpc) is 1.86. The molecule has 0 nitrogen and oxygen atoms in total. The summed E-state index contributed by atoms with van der Waals surface area (Å²) in [5.74, 6) is 0. The van der Waals surface area contributed by atoms with Crippen LogP contribution in [-0.2, 0) is 25.7 Å². The van der Waals surface area contributed by atoms with Crippen molar-refractivity contribution in [2.45, 2.75) is 6.18 Å². The van der Waals surface area contributed by atoms with Crippen molar-refractivity contribution in [1.29, 1.82) is 0 Å². The molecule has 0 saturated heterocycles. The molecular weight excluding hydrogens is 242 g/mol. The Bertz CT molecular complexity index is 259. The monoisotopic (exact) mass is 244 g/mol. The maximum absolute atomic E-state index is 12.0. The van der Waals surface area contributed by atoms with E-state index in [4.69, 9.17) is 11.6 Å². The molecule has 0 unspecified atom stereocenters. The van der Waals surface area contributed by atoms with Crippen molar-refractivity contribution >= 4 is 11.6 Å². The van der Waals surface area contributed by atoms with Gasteiger partial charge in [0.15, 0.2) is 0 Å². The summed E-state index contributed by atoms with van der Waals surface area (Å²) in [5, 5.41) is -0.264. The van der Waals surface area contributed by atoms with Crippen LogP contribution < -0.4 is 0 Å². The first kappa shape index (κ1) is 11.9. The maximum atomic E-state index is 12.0. The molecule has 0 spiro atoms. The van der Waals surface area contributed by atoms with E-state index in [-0.39, 0.29) is 24.5 Å². The second-order valence-corrected chi connectivity index (χ2v) is 2.38. The zero-order chi connectivity index (χ0) is 8.48. The van der Waals surface area contributed by atoms with Gasteiger partial charge in [0, 0.05) is 19.5 Å². The van der Waals surface area contributed by atoms with Crippen molar-refractivity contribution in [2.24, 2.45) is 0 Å². The SMILES string of the molecule is FC(F)(F)c1ccccc1Cl.[Zn]. The van der Waals surface area contributed by atoms with Crippen molar-refractivity contribution < 1.29 is 32.6 Å². The molecule has 0 bridgehead atoms. The Balaban J connectivity index is 0.00000121. The van der Waals surface area contributed by atoms with E-state index in [2.05, 4.69) is 0 Å². The number of hydrogen-bond donors (Lipinski definition) is 0. The minimum absolute atomic E-state index is 0. The van der Waals surface area contributed by atoms with Gasteiger partial charge in [-0.1, -0.05) is 23.7 Å². The molecule has 0 saturated carbocycles. The maximum Gasteiger partial charge on any atom is 0.417 e. The molecule has 62 valence electrons. The van der Waals surface area contributed by atoms with Crippen LogP contribution in [0.15, 0.2) is 24.3 Å². The Morgan fingerprint density at radius 2 is 1.58 bits per heavy atom. The molecule has 0 radical (unpaired) electrons. The van der Waals surface area contributed by atoms with Gasteiger partial charge in [-0.05, 0) is 12.1 Å². The van der Waals surface area contributed by atoms with Gasteiger partial charge in [-0.25, -0.2) is 0 Å². The quantitative estimate of drug-likeness (QED) is 0.615. The Morgan fingerprint density at radius 1 is 1.08 bits per heavy atom. The molecule has 0 aromatic heterocycles. The minimum Gasteiger partial charge on any atom is -0.166 e. The average molecular weight is 246 g/mol. The molecule has 1 aromatic rings. The summed E-state index contributed by atoms with van der Waals surface area (Å²) in [6, 6.07) is 4.92. The van der Waals surface area contributed by atoms with Crippen LogP contribution in [0.25, 0.3) is 0 Å². The Labute approximate surface area is 85.5 Å². The molecule has 0 amide bonds. The van der Waals surface area contributed by atoms with Crippen molar-refractivity contribution in [1.82, 2.24) is 0 Å². The van der Waals surface area contributed by atoms with E-state index in [0.29, 0.717) is 0 Å². The van der Waals surface area contributed by atoms with Crippen LogP contribution in [0.3, 0.4) is 0 Å². The largest absolute Gasteiger partial charge is 0.417 e. The third-order valence-electron chi connectivity index (χ3n) is 1.18. The predicted molar refractivity (Wildman–Crippen MR) is 36.5 cm³/mol. The predicted octanol–water partition coefficient (Wildman–Crippen LogP) is 3.36. The summed E-state index contributed by atoms with van der Waals surface area (Å²) in [5.41, 5.74) is -0.790. The Kier molecular flexibility index (Phi) is 4.22. The smallest absolute Gasteiger partial charge is 0.166 e. The number of halogens is 4. The molecule has 0 fully saturated rings. The second-order valence-electron chi connectivity index (χ2n) is 1.98. The van der Waals surface area contributed by atoms with E-state index in [0.717, 1.165) is 6.07 Å². The summed E-state index contributed by atoms with van der Waals surface area (Å²) in [6.45, 7) is 0. The molecule has 0 aliphatic carbocycles. The summed E-state index contributed by atoms with van der Waals surface area (Å²) < 4.78 is 35.9. The van der Waals surface area contributed by atoms with Crippen LogP contribution in [0.4, 0.5) is 13.2 Å². The van der Waals surface area contributed by atoms with Crippen LogP contribution in [0, 0.1) is 0 Å². The molecular formula is C7H4ClF3Zn. The number of hydrogen-bond acceptors (Lipinski definition) is 0. The van der Waals surface area contributed by atoms with Gasteiger partial charge in [0.25, 0.3) is 0 Å². The molecule has 0 aliphatic heterocycles. The van der Waals surface area contributed by atoms with E-state index in [1.165, 1.54) is 18.2 Å². The van der Waals surface area contributed by atoms with Gasteiger partial charge < -0.3 is 0 Å². The molecule has 12 heavy (non-hydrogen) atoms. The number of benzene rings is 1. The zero-order valence-corrected chi connectivity index (χ0v) is 9.75. The van der Waals surface area contributed by atoms with Crippen LogP contribution in [0.1, 0.15) is 5.56 Å². The third-order valence-corrected chi connectivity index (χ3v) is 1.51. The fourth-order valence-corrected chi connectivity index (χ4v) is 0.934. The Morgan fingerprint density at radius 3 is 1.92 bits per heavy atom. The van der Waals surface area contributed by atoms with E-state index in [1.54, 1.807) is 0 Å². The van der Waals surface area contributed by atoms with Crippen molar-refractivity contribution in [3.05, 3.63) is 34.9 Å². The topological polar surface area (TPSA) is 0 Å². The van der Waals surface area contributed by atoms with E-state index >= 15 is 0 Å². The number of rotatable bonds is 0. The van der Waals surface area contributed by atoms with Crippen molar-refractivity contribution in [3.63, 3.8) is 0 Å². The van der Waals surface area contributed by atoms with Crippen LogP contribution in [0.2, 0.25) is 5.02 Å². The van der Waals surface area contributed by atoms with Crippen molar-refractivity contribution in [3.8, 4) is 0 Å². The molecule has 0 atom stereocenters. The Hall–Kier alpha value is -0.0766. The third kappa shape index (κ3) is 2.76. The van der Waals surface area contributed by atoms with Gasteiger partial charge in [-0.3, -0.25) is 0 Å².